The van der Waals surface area contributed by atoms with Gasteiger partial charge >= 0.3 is 0 Å². The van der Waals surface area contributed by atoms with Crippen LogP contribution in [-0.2, 0) is 33.4 Å². The number of anilines is 2. The van der Waals surface area contributed by atoms with Crippen molar-refractivity contribution >= 4 is 47.2 Å². The maximum Gasteiger partial charge on any atom is 0.249 e. The quantitative estimate of drug-likeness (QED) is 0.209. The van der Waals surface area contributed by atoms with E-state index in [4.69, 9.17) is 14.2 Å². The number of likely N-dealkylation sites (tertiary alicyclic amines) is 2. The molecule has 248 valence electrons. The number of carbonyl (C=O) groups is 4. The van der Waals surface area contributed by atoms with Crippen LogP contribution in [0.4, 0.5) is 11.4 Å². The van der Waals surface area contributed by atoms with Gasteiger partial charge in [-0.25, -0.2) is 0 Å². The van der Waals surface area contributed by atoms with Gasteiger partial charge in [0.25, 0.3) is 0 Å². The summed E-state index contributed by atoms with van der Waals surface area (Å²) < 4.78 is 15.7. The lowest BCUT2D eigenvalue weighted by Gasteiger charge is -2.24. The Hall–Kier alpha value is -4.06. The topological polar surface area (TPSA) is 127 Å². The summed E-state index contributed by atoms with van der Waals surface area (Å²) in [6.07, 6.45) is 8.66. The van der Waals surface area contributed by atoms with Crippen molar-refractivity contribution in [1.82, 2.24) is 9.80 Å². The highest BCUT2D eigenvalue weighted by Crippen LogP contribution is 2.22. The van der Waals surface area contributed by atoms with Gasteiger partial charge in [-0.05, 0) is 67.5 Å². The van der Waals surface area contributed by atoms with Crippen molar-refractivity contribution in [1.29, 1.82) is 0 Å². The fraction of sp³-hybridized carbons (Fsp3) is 0.486. The lowest BCUT2D eigenvalue weighted by molar-refractivity contribution is -0.141. The summed E-state index contributed by atoms with van der Waals surface area (Å²) in [5, 5.41) is 5.88. The lowest BCUT2D eigenvalue weighted by atomic mass is 10.1. The average molecular weight is 635 g/mol. The summed E-state index contributed by atoms with van der Waals surface area (Å²) in [6, 6.07) is 14.0. The van der Waals surface area contributed by atoms with E-state index in [1.165, 1.54) is 0 Å². The second kappa shape index (κ2) is 18.2. The molecule has 4 amide bonds. The Bertz CT molecular complexity index is 1230. The molecule has 11 nitrogen and oxygen atoms in total. The molecular formula is C35H46N4O7. The molecule has 2 aliphatic rings. The zero-order valence-corrected chi connectivity index (χ0v) is 26.9. The minimum Gasteiger partial charge on any atom is -0.382 e. The molecule has 0 unspecified atom stereocenters. The van der Waals surface area contributed by atoms with Gasteiger partial charge in [-0.1, -0.05) is 49.8 Å². The summed E-state index contributed by atoms with van der Waals surface area (Å²) in [5.41, 5.74) is 3.23. The van der Waals surface area contributed by atoms with Crippen LogP contribution in [0.2, 0.25) is 0 Å². The molecule has 0 bridgehead atoms. The van der Waals surface area contributed by atoms with Crippen molar-refractivity contribution in [2.24, 2.45) is 0 Å². The molecule has 2 aliphatic heterocycles. The van der Waals surface area contributed by atoms with Gasteiger partial charge in [-0.2, -0.15) is 0 Å². The van der Waals surface area contributed by atoms with Gasteiger partial charge in [0.05, 0.1) is 13.2 Å². The van der Waals surface area contributed by atoms with Gasteiger partial charge in [-0.15, -0.1) is 0 Å². The SMILES string of the molecule is CCCCOCC(=O)N1CCC[C@H]1C(=O)Nc1ccc(/C=C/c2ccc(NC(=O)[C@@H]3CCCN3C(=O)COCCOC)cc2)cc1. The first-order valence-corrected chi connectivity index (χ1v) is 16.1. The first-order valence-electron chi connectivity index (χ1n) is 16.1. The Morgan fingerprint density at radius 3 is 1.61 bits per heavy atom. The number of ether oxygens (including phenoxy) is 3. The molecule has 2 aromatic carbocycles. The number of methoxy groups -OCH3 is 1. The molecule has 2 heterocycles. The van der Waals surface area contributed by atoms with Crippen molar-refractivity contribution in [2.45, 2.75) is 57.5 Å². The Balaban J connectivity index is 1.24. The van der Waals surface area contributed by atoms with Gasteiger partial charge in [0.2, 0.25) is 23.6 Å². The number of unbranched alkanes of at least 4 members (excludes halogenated alkanes) is 1. The fourth-order valence-electron chi connectivity index (χ4n) is 5.55. The fourth-order valence-corrected chi connectivity index (χ4v) is 5.55. The van der Waals surface area contributed by atoms with Crippen LogP contribution in [0.25, 0.3) is 12.2 Å². The van der Waals surface area contributed by atoms with E-state index in [1.807, 2.05) is 60.7 Å². The van der Waals surface area contributed by atoms with Gasteiger partial charge in [0.15, 0.2) is 0 Å². The summed E-state index contributed by atoms with van der Waals surface area (Å²) in [6.45, 7) is 4.41. The van der Waals surface area contributed by atoms with E-state index in [0.29, 0.717) is 57.1 Å². The van der Waals surface area contributed by atoms with E-state index in [-0.39, 0.29) is 36.8 Å². The molecule has 2 atom stereocenters. The maximum atomic E-state index is 13.0. The zero-order valence-electron chi connectivity index (χ0n) is 26.9. The highest BCUT2D eigenvalue weighted by molar-refractivity contribution is 5.98. The Morgan fingerprint density at radius 1 is 0.717 bits per heavy atom. The van der Waals surface area contributed by atoms with E-state index in [2.05, 4.69) is 17.6 Å². The number of benzene rings is 2. The second-order valence-corrected chi connectivity index (χ2v) is 11.5. The van der Waals surface area contributed by atoms with Crippen molar-refractivity contribution in [2.75, 3.05) is 63.9 Å². The van der Waals surface area contributed by atoms with Crippen molar-refractivity contribution < 1.29 is 33.4 Å². The second-order valence-electron chi connectivity index (χ2n) is 11.5. The predicted octanol–water partition coefficient (Wildman–Crippen LogP) is 4.20. The largest absolute Gasteiger partial charge is 0.382 e. The Morgan fingerprint density at radius 2 is 1.17 bits per heavy atom. The number of amides is 4. The standard InChI is InChI=1S/C35H46N4O7/c1-3-4-21-45-24-32(40)38-19-5-7-30(38)34(42)36-28-15-11-26(12-16-28)9-10-27-13-17-29(18-14-27)37-35(43)31-8-6-20-39(31)33(41)25-46-23-22-44-2/h9-18,30-31H,3-8,19-25H2,1-2H3,(H,36,42)(H,37,43)/b10-9+/t30-,31-/m0/s1. The third-order valence-electron chi connectivity index (χ3n) is 8.10. The van der Waals surface area contributed by atoms with Crippen LogP contribution >= 0.6 is 0 Å². The predicted molar refractivity (Wildman–Crippen MR) is 177 cm³/mol. The molecule has 46 heavy (non-hydrogen) atoms. The minimum atomic E-state index is -0.514. The number of hydrogen-bond acceptors (Lipinski definition) is 7. The van der Waals surface area contributed by atoms with Crippen molar-refractivity contribution in [3.8, 4) is 0 Å². The third-order valence-corrected chi connectivity index (χ3v) is 8.10. The molecular weight excluding hydrogens is 588 g/mol. The molecule has 0 saturated carbocycles. The monoisotopic (exact) mass is 634 g/mol. The van der Waals surface area contributed by atoms with E-state index in [1.54, 1.807) is 16.9 Å². The molecule has 2 saturated heterocycles. The molecule has 0 spiro atoms. The third kappa shape index (κ3) is 10.2. The molecule has 0 radical (unpaired) electrons. The summed E-state index contributed by atoms with van der Waals surface area (Å²) in [4.78, 5) is 54.3. The van der Waals surface area contributed by atoms with Crippen molar-refractivity contribution in [3.05, 3.63) is 59.7 Å². The summed E-state index contributed by atoms with van der Waals surface area (Å²) in [7, 11) is 1.57. The van der Waals surface area contributed by atoms with Gasteiger partial charge in [0.1, 0.15) is 25.3 Å². The van der Waals surface area contributed by atoms with Crippen LogP contribution in [0.1, 0.15) is 56.6 Å². The Labute approximate surface area is 271 Å². The number of rotatable bonds is 16. The molecule has 4 rings (SSSR count). The van der Waals surface area contributed by atoms with E-state index >= 15 is 0 Å². The Kier molecular flexibility index (Phi) is 13.8. The molecule has 0 aliphatic carbocycles. The van der Waals surface area contributed by atoms with E-state index in [9.17, 15) is 19.2 Å². The first-order chi connectivity index (χ1) is 22.4. The first kappa shape index (κ1) is 34.8. The van der Waals surface area contributed by atoms with Crippen LogP contribution in [0.15, 0.2) is 48.5 Å². The van der Waals surface area contributed by atoms with Crippen molar-refractivity contribution in [3.63, 3.8) is 0 Å². The lowest BCUT2D eigenvalue weighted by Crippen LogP contribution is -2.44. The summed E-state index contributed by atoms with van der Waals surface area (Å²) in [5.74, 6) is -0.728. The normalized spacial score (nSPS) is 17.9. The number of carbonyl (C=O) groups excluding carboxylic acids is 4. The van der Waals surface area contributed by atoms with Crippen LogP contribution in [0, 0.1) is 0 Å². The highest BCUT2D eigenvalue weighted by Gasteiger charge is 2.35. The van der Waals surface area contributed by atoms with Gasteiger partial charge in [-0.3, -0.25) is 19.2 Å². The van der Waals surface area contributed by atoms with Crippen LogP contribution < -0.4 is 10.6 Å². The van der Waals surface area contributed by atoms with Gasteiger partial charge in [0, 0.05) is 38.2 Å². The summed E-state index contributed by atoms with van der Waals surface area (Å²) >= 11 is 0. The average Bonchev–Trinajstić information content (AvgIpc) is 3.77. The van der Waals surface area contributed by atoms with Crippen LogP contribution in [0.5, 0.6) is 0 Å². The van der Waals surface area contributed by atoms with E-state index in [0.717, 1.165) is 36.8 Å². The number of nitrogens with one attached hydrogen (secondary N) is 2. The molecule has 2 aromatic rings. The minimum absolute atomic E-state index is 0.00998. The van der Waals surface area contributed by atoms with Gasteiger partial charge < -0.3 is 34.6 Å². The molecule has 11 heteroatoms. The maximum absolute atomic E-state index is 13.0. The highest BCUT2D eigenvalue weighted by atomic mass is 16.5. The van der Waals surface area contributed by atoms with E-state index < -0.39 is 12.1 Å². The van der Waals surface area contributed by atoms with Crippen LogP contribution in [0.3, 0.4) is 0 Å². The number of hydrogen-bond donors (Lipinski definition) is 2. The zero-order chi connectivity index (χ0) is 32.7. The molecule has 2 fully saturated rings. The molecule has 2 N–H and O–H groups in total. The molecule has 0 aromatic heterocycles. The smallest absolute Gasteiger partial charge is 0.249 e. The van der Waals surface area contributed by atoms with Crippen LogP contribution in [-0.4, -0.2) is 98.7 Å². The number of nitrogens with zero attached hydrogens (tertiary/aromatic N) is 2.